The van der Waals surface area contributed by atoms with Gasteiger partial charge in [-0.15, -0.1) is 0 Å². The maximum atomic E-state index is 12.5. The molecule has 0 aliphatic rings. The Morgan fingerprint density at radius 2 is 1.43 bits per heavy atom. The molecule has 1 N–H and O–H groups in total. The van der Waals surface area contributed by atoms with Gasteiger partial charge in [-0.05, 0) is 27.2 Å². The largest absolute Gasteiger partial charge is 0.466 e. The van der Waals surface area contributed by atoms with Crippen LogP contribution < -0.4 is 0 Å². The van der Waals surface area contributed by atoms with E-state index >= 15 is 0 Å². The third-order valence-corrected chi connectivity index (χ3v) is 4.21. The molecule has 0 fully saturated rings. The van der Waals surface area contributed by atoms with Crippen molar-refractivity contribution in [2.45, 2.75) is 78.2 Å². The van der Waals surface area contributed by atoms with Gasteiger partial charge < -0.3 is 19.3 Å². The van der Waals surface area contributed by atoms with Crippen molar-refractivity contribution in [3.63, 3.8) is 0 Å². The maximum Gasteiger partial charge on any atom is 0.340 e. The normalized spacial score (nSPS) is 13.9. The molecule has 28 heavy (non-hydrogen) atoms. The number of rotatable bonds is 15. The first-order valence-electron chi connectivity index (χ1n) is 9.96. The molecule has 0 saturated heterocycles. The second-order valence-electron chi connectivity index (χ2n) is 6.61. The molecule has 8 heteroatoms. The van der Waals surface area contributed by atoms with Crippen LogP contribution in [0.3, 0.4) is 0 Å². The average molecular weight is 402 g/mol. The number of aliphatic hydroxyl groups is 1. The second kappa shape index (κ2) is 14.1. The minimum Gasteiger partial charge on any atom is -0.466 e. The molecule has 8 nitrogen and oxygen atoms in total. The molecule has 0 saturated carbocycles. The lowest BCUT2D eigenvalue weighted by Crippen LogP contribution is -2.54. The fraction of sp³-hybridized carbons (Fsp3) is 0.800. The number of ketones is 1. The van der Waals surface area contributed by atoms with Crippen LogP contribution in [0.15, 0.2) is 0 Å². The van der Waals surface area contributed by atoms with Gasteiger partial charge in [-0.2, -0.15) is 0 Å². The van der Waals surface area contributed by atoms with E-state index in [9.17, 15) is 24.3 Å². The van der Waals surface area contributed by atoms with Crippen molar-refractivity contribution in [1.82, 2.24) is 0 Å². The van der Waals surface area contributed by atoms with Gasteiger partial charge in [0.15, 0.2) is 11.5 Å². The van der Waals surface area contributed by atoms with E-state index in [1.165, 1.54) is 6.92 Å². The van der Waals surface area contributed by atoms with E-state index in [-0.39, 0.29) is 19.8 Å². The lowest BCUT2D eigenvalue weighted by atomic mass is 9.81. The van der Waals surface area contributed by atoms with Gasteiger partial charge in [0.25, 0.3) is 0 Å². The lowest BCUT2D eigenvalue weighted by Gasteiger charge is -2.30. The van der Waals surface area contributed by atoms with Gasteiger partial charge in [0.2, 0.25) is 0 Å². The third kappa shape index (κ3) is 8.82. The molecule has 2 atom stereocenters. The Bertz CT molecular complexity index is 516. The zero-order valence-corrected chi connectivity index (χ0v) is 17.5. The quantitative estimate of drug-likeness (QED) is 0.192. The number of esters is 3. The Balaban J connectivity index is 5.13. The van der Waals surface area contributed by atoms with Crippen LogP contribution in [0.25, 0.3) is 0 Å². The van der Waals surface area contributed by atoms with Crippen molar-refractivity contribution in [1.29, 1.82) is 0 Å². The van der Waals surface area contributed by atoms with E-state index in [0.717, 1.165) is 39.0 Å². The summed E-state index contributed by atoms with van der Waals surface area (Å²) in [5, 5.41) is 10.8. The topological polar surface area (TPSA) is 116 Å². The summed E-state index contributed by atoms with van der Waals surface area (Å²) in [4.78, 5) is 48.7. The molecule has 0 radical (unpaired) electrons. The maximum absolute atomic E-state index is 12.5. The molecule has 2 unspecified atom stereocenters. The Morgan fingerprint density at radius 3 is 1.96 bits per heavy atom. The summed E-state index contributed by atoms with van der Waals surface area (Å²) in [5.41, 5.74) is -2.67. The number of carbonyl (C=O) groups is 4. The fourth-order valence-electron chi connectivity index (χ4n) is 2.82. The molecule has 162 valence electrons. The van der Waals surface area contributed by atoms with Crippen LogP contribution >= 0.6 is 0 Å². The van der Waals surface area contributed by atoms with E-state index in [1.54, 1.807) is 6.92 Å². The first-order chi connectivity index (χ1) is 13.2. The minimum absolute atomic E-state index is 0.0188. The Morgan fingerprint density at radius 1 is 0.857 bits per heavy atom. The minimum atomic E-state index is -2.67. The van der Waals surface area contributed by atoms with Crippen LogP contribution in [0.4, 0.5) is 0 Å². The summed E-state index contributed by atoms with van der Waals surface area (Å²) in [7, 11) is 0. The highest BCUT2D eigenvalue weighted by Gasteiger charge is 2.54. The molecule has 0 aliphatic carbocycles. The molecule has 0 bridgehead atoms. The first-order valence-corrected chi connectivity index (χ1v) is 9.96. The summed E-state index contributed by atoms with van der Waals surface area (Å²) in [6, 6.07) is 0. The predicted molar refractivity (Wildman–Crippen MR) is 101 cm³/mol. The van der Waals surface area contributed by atoms with E-state index in [1.807, 2.05) is 0 Å². The molecule has 0 aromatic heterocycles. The number of ether oxygens (including phenoxy) is 3. The van der Waals surface area contributed by atoms with Gasteiger partial charge in [0.1, 0.15) is 5.78 Å². The molecule has 0 amide bonds. The van der Waals surface area contributed by atoms with Crippen LogP contribution in [-0.2, 0) is 33.4 Å². The lowest BCUT2D eigenvalue weighted by molar-refractivity contribution is -0.187. The summed E-state index contributed by atoms with van der Waals surface area (Å²) in [6.07, 6.45) is 4.98. The van der Waals surface area contributed by atoms with Gasteiger partial charge in [-0.1, -0.05) is 39.0 Å². The van der Waals surface area contributed by atoms with E-state index in [0.29, 0.717) is 6.42 Å². The van der Waals surface area contributed by atoms with Crippen molar-refractivity contribution >= 4 is 23.7 Å². The monoisotopic (exact) mass is 402 g/mol. The van der Waals surface area contributed by atoms with Crippen LogP contribution in [0.2, 0.25) is 0 Å². The highest BCUT2D eigenvalue weighted by atomic mass is 16.6. The van der Waals surface area contributed by atoms with Crippen molar-refractivity contribution in [3.8, 4) is 0 Å². The first kappa shape index (κ1) is 26.0. The van der Waals surface area contributed by atoms with Crippen molar-refractivity contribution in [2.75, 3.05) is 19.8 Å². The molecule has 0 rings (SSSR count). The van der Waals surface area contributed by atoms with E-state index in [4.69, 9.17) is 14.2 Å². The molecule has 0 aliphatic heterocycles. The van der Waals surface area contributed by atoms with E-state index < -0.39 is 41.6 Å². The van der Waals surface area contributed by atoms with Gasteiger partial charge in [0, 0.05) is 0 Å². The van der Waals surface area contributed by atoms with Crippen LogP contribution in [0.5, 0.6) is 0 Å². The Hall–Kier alpha value is -1.96. The van der Waals surface area contributed by atoms with Crippen molar-refractivity contribution < 1.29 is 38.5 Å². The molecular formula is C20H34O8. The summed E-state index contributed by atoms with van der Waals surface area (Å²) >= 11 is 0. The van der Waals surface area contributed by atoms with Crippen LogP contribution in [0, 0.1) is 5.92 Å². The van der Waals surface area contributed by atoms with Crippen molar-refractivity contribution in [3.05, 3.63) is 0 Å². The molecule has 0 aromatic rings. The number of Topliss-reactive ketones (excluding diaryl/α,β-unsaturated/α-hetero) is 1. The highest BCUT2D eigenvalue weighted by molar-refractivity contribution is 6.05. The average Bonchev–Trinajstić information content (AvgIpc) is 2.61. The molecule has 0 aromatic carbocycles. The third-order valence-electron chi connectivity index (χ3n) is 4.21. The number of carbonyl (C=O) groups excluding carboxylic acids is 4. The molecular weight excluding hydrogens is 368 g/mol. The zero-order valence-electron chi connectivity index (χ0n) is 17.5. The Kier molecular flexibility index (Phi) is 13.1. The molecule has 0 heterocycles. The predicted octanol–water partition coefficient (Wildman–Crippen LogP) is 2.34. The van der Waals surface area contributed by atoms with Gasteiger partial charge in [-0.25, -0.2) is 4.79 Å². The summed E-state index contributed by atoms with van der Waals surface area (Å²) in [5.74, 6) is -5.88. The zero-order chi connectivity index (χ0) is 21.6. The SMILES string of the molecule is CCCCCCCCOC(=O)C(C(C)=O)C(O)(CC(=O)OCC)C(=O)OCC. The Labute approximate surface area is 166 Å². The summed E-state index contributed by atoms with van der Waals surface area (Å²) in [6.45, 7) is 6.21. The van der Waals surface area contributed by atoms with Crippen LogP contribution in [-0.4, -0.2) is 54.2 Å². The van der Waals surface area contributed by atoms with Crippen LogP contribution in [0.1, 0.15) is 72.6 Å². The van der Waals surface area contributed by atoms with Gasteiger partial charge >= 0.3 is 17.9 Å². The second-order valence-corrected chi connectivity index (χ2v) is 6.61. The number of unbranched alkanes of at least 4 members (excludes halogenated alkanes) is 5. The standard InChI is InChI=1S/C20H34O8/c1-5-8-9-10-11-12-13-28-18(23)17(15(4)21)20(25,19(24)27-7-3)14-16(22)26-6-2/h17,25H,5-14H2,1-4H3. The highest BCUT2D eigenvalue weighted by Crippen LogP contribution is 2.27. The van der Waals surface area contributed by atoms with Gasteiger partial charge in [0.05, 0.1) is 26.2 Å². The van der Waals surface area contributed by atoms with E-state index in [2.05, 4.69) is 6.92 Å². The fourth-order valence-corrected chi connectivity index (χ4v) is 2.82. The van der Waals surface area contributed by atoms with Gasteiger partial charge in [-0.3, -0.25) is 14.4 Å². The summed E-state index contributed by atoms with van der Waals surface area (Å²) < 4.78 is 14.7. The molecule has 0 spiro atoms. The smallest absolute Gasteiger partial charge is 0.340 e. The van der Waals surface area contributed by atoms with Crippen molar-refractivity contribution in [2.24, 2.45) is 5.92 Å². The number of hydrogen-bond donors (Lipinski definition) is 1. The number of hydrogen-bond acceptors (Lipinski definition) is 8.